The van der Waals surface area contributed by atoms with Gasteiger partial charge in [-0.15, -0.1) is 0 Å². The van der Waals surface area contributed by atoms with Crippen LogP contribution in [0.3, 0.4) is 0 Å². The van der Waals surface area contributed by atoms with Crippen molar-refractivity contribution in [3.8, 4) is 0 Å². The summed E-state index contributed by atoms with van der Waals surface area (Å²) in [6.45, 7) is 2.68. The van der Waals surface area contributed by atoms with Crippen LogP contribution in [0, 0.1) is 0 Å². The van der Waals surface area contributed by atoms with E-state index in [0.717, 1.165) is 18.2 Å². The topological polar surface area (TPSA) is 54.7 Å². The van der Waals surface area contributed by atoms with Crippen LogP contribution in [0.2, 0.25) is 0 Å². The standard InChI is InChI=1S/C9H15N3/c1-2-7-9(6-3-4-6)12-8(5-10)11-7/h6H,2-5,10H2,1H3,(H,11,12). The largest absolute Gasteiger partial charge is 0.345 e. The molecule has 0 aromatic carbocycles. The third-order valence-electron chi connectivity index (χ3n) is 2.37. The van der Waals surface area contributed by atoms with Gasteiger partial charge in [-0.2, -0.15) is 0 Å². The molecule has 3 N–H and O–H groups in total. The molecule has 1 aliphatic carbocycles. The Hall–Kier alpha value is -0.830. The highest BCUT2D eigenvalue weighted by Gasteiger charge is 2.28. The number of rotatable bonds is 3. The number of aryl methyl sites for hydroxylation is 1. The van der Waals surface area contributed by atoms with Gasteiger partial charge in [-0.25, -0.2) is 4.98 Å². The predicted octanol–water partition coefficient (Wildman–Crippen LogP) is 1.31. The van der Waals surface area contributed by atoms with Crippen LogP contribution in [0.4, 0.5) is 0 Å². The van der Waals surface area contributed by atoms with Crippen LogP contribution in [-0.4, -0.2) is 9.97 Å². The smallest absolute Gasteiger partial charge is 0.120 e. The van der Waals surface area contributed by atoms with E-state index in [2.05, 4.69) is 16.9 Å². The van der Waals surface area contributed by atoms with Crippen LogP contribution in [0.15, 0.2) is 0 Å². The van der Waals surface area contributed by atoms with Crippen molar-refractivity contribution in [2.75, 3.05) is 0 Å². The number of imidazole rings is 1. The molecule has 0 saturated heterocycles. The number of nitrogens with one attached hydrogen (secondary N) is 1. The Labute approximate surface area is 72.4 Å². The van der Waals surface area contributed by atoms with Gasteiger partial charge in [0.25, 0.3) is 0 Å². The molecule has 1 fully saturated rings. The average Bonchev–Trinajstić information content (AvgIpc) is 2.85. The van der Waals surface area contributed by atoms with Crippen molar-refractivity contribution in [3.05, 3.63) is 17.2 Å². The van der Waals surface area contributed by atoms with Crippen LogP contribution in [0.1, 0.15) is 42.9 Å². The Morgan fingerprint density at radius 3 is 2.83 bits per heavy atom. The quantitative estimate of drug-likeness (QED) is 0.709. The fourth-order valence-corrected chi connectivity index (χ4v) is 1.54. The van der Waals surface area contributed by atoms with E-state index in [9.17, 15) is 0 Å². The normalized spacial score (nSPS) is 16.8. The molecule has 0 spiro atoms. The number of hydrogen-bond donors (Lipinski definition) is 2. The first-order chi connectivity index (χ1) is 5.85. The molecule has 0 amide bonds. The number of aromatic nitrogens is 2. The van der Waals surface area contributed by atoms with Crippen molar-refractivity contribution in [3.63, 3.8) is 0 Å². The fraction of sp³-hybridized carbons (Fsp3) is 0.667. The maximum absolute atomic E-state index is 5.51. The molecule has 0 radical (unpaired) electrons. The molecular weight excluding hydrogens is 150 g/mol. The second-order valence-corrected chi connectivity index (χ2v) is 3.38. The van der Waals surface area contributed by atoms with E-state index in [4.69, 9.17) is 5.73 Å². The van der Waals surface area contributed by atoms with Crippen molar-refractivity contribution < 1.29 is 0 Å². The molecular formula is C9H15N3. The number of hydrogen-bond acceptors (Lipinski definition) is 2. The van der Waals surface area contributed by atoms with Crippen LogP contribution in [0.25, 0.3) is 0 Å². The number of aromatic amines is 1. The van der Waals surface area contributed by atoms with Crippen LogP contribution < -0.4 is 5.73 Å². The monoisotopic (exact) mass is 165 g/mol. The first-order valence-corrected chi connectivity index (χ1v) is 4.62. The maximum Gasteiger partial charge on any atom is 0.120 e. The van der Waals surface area contributed by atoms with E-state index >= 15 is 0 Å². The van der Waals surface area contributed by atoms with Gasteiger partial charge in [0.15, 0.2) is 0 Å². The molecule has 1 aliphatic rings. The number of nitrogens with zero attached hydrogens (tertiary/aromatic N) is 1. The van der Waals surface area contributed by atoms with Gasteiger partial charge in [-0.05, 0) is 19.3 Å². The van der Waals surface area contributed by atoms with E-state index < -0.39 is 0 Å². The summed E-state index contributed by atoms with van der Waals surface area (Å²) in [7, 11) is 0. The molecule has 0 atom stereocenters. The third kappa shape index (κ3) is 1.25. The SMILES string of the molecule is CCc1[nH]c(CN)nc1C1CC1. The minimum atomic E-state index is 0.528. The minimum absolute atomic E-state index is 0.528. The Morgan fingerprint density at radius 1 is 1.58 bits per heavy atom. The van der Waals surface area contributed by atoms with Crippen molar-refractivity contribution in [1.82, 2.24) is 9.97 Å². The second-order valence-electron chi connectivity index (χ2n) is 3.38. The van der Waals surface area contributed by atoms with Gasteiger partial charge in [0.05, 0.1) is 12.2 Å². The number of nitrogens with two attached hydrogens (primary N) is 1. The third-order valence-corrected chi connectivity index (χ3v) is 2.37. The highest BCUT2D eigenvalue weighted by atomic mass is 15.0. The molecule has 0 bridgehead atoms. The summed E-state index contributed by atoms with van der Waals surface area (Å²) in [6.07, 6.45) is 3.66. The molecule has 0 unspecified atom stereocenters. The lowest BCUT2D eigenvalue weighted by molar-refractivity contribution is 0.927. The zero-order chi connectivity index (χ0) is 8.55. The molecule has 66 valence electrons. The summed E-state index contributed by atoms with van der Waals surface area (Å²) in [5.41, 5.74) is 8.08. The Morgan fingerprint density at radius 2 is 2.33 bits per heavy atom. The van der Waals surface area contributed by atoms with Crippen LogP contribution in [0.5, 0.6) is 0 Å². The van der Waals surface area contributed by atoms with Crippen LogP contribution >= 0.6 is 0 Å². The van der Waals surface area contributed by atoms with E-state index in [1.807, 2.05) is 0 Å². The minimum Gasteiger partial charge on any atom is -0.345 e. The summed E-state index contributed by atoms with van der Waals surface area (Å²) in [5.74, 6) is 1.67. The average molecular weight is 165 g/mol. The summed E-state index contributed by atoms with van der Waals surface area (Å²) in [5, 5.41) is 0. The molecule has 12 heavy (non-hydrogen) atoms. The molecule has 1 aromatic heterocycles. The van der Waals surface area contributed by atoms with Gasteiger partial charge in [-0.3, -0.25) is 0 Å². The maximum atomic E-state index is 5.51. The van der Waals surface area contributed by atoms with Gasteiger partial charge in [0.1, 0.15) is 5.82 Å². The Bertz CT molecular complexity index is 273. The van der Waals surface area contributed by atoms with Crippen molar-refractivity contribution in [1.29, 1.82) is 0 Å². The van der Waals surface area contributed by atoms with Gasteiger partial charge in [-0.1, -0.05) is 6.92 Å². The van der Waals surface area contributed by atoms with Gasteiger partial charge in [0, 0.05) is 11.6 Å². The Balaban J connectivity index is 2.29. The lowest BCUT2D eigenvalue weighted by Crippen LogP contribution is -1.98. The molecule has 3 nitrogen and oxygen atoms in total. The molecule has 1 saturated carbocycles. The first-order valence-electron chi connectivity index (χ1n) is 4.62. The molecule has 3 heteroatoms. The zero-order valence-corrected chi connectivity index (χ0v) is 7.43. The van der Waals surface area contributed by atoms with Crippen LogP contribution in [-0.2, 0) is 13.0 Å². The van der Waals surface area contributed by atoms with Crippen molar-refractivity contribution in [2.24, 2.45) is 5.73 Å². The predicted molar refractivity (Wildman–Crippen MR) is 47.8 cm³/mol. The zero-order valence-electron chi connectivity index (χ0n) is 7.43. The molecule has 2 rings (SSSR count). The van der Waals surface area contributed by atoms with Crippen molar-refractivity contribution >= 4 is 0 Å². The first kappa shape index (κ1) is 7.80. The molecule has 0 aliphatic heterocycles. The van der Waals surface area contributed by atoms with E-state index in [-0.39, 0.29) is 0 Å². The van der Waals surface area contributed by atoms with Gasteiger partial charge >= 0.3 is 0 Å². The fourth-order valence-electron chi connectivity index (χ4n) is 1.54. The summed E-state index contributed by atoms with van der Waals surface area (Å²) >= 11 is 0. The van der Waals surface area contributed by atoms with E-state index in [1.54, 1.807) is 0 Å². The molecule has 1 aromatic rings. The number of H-pyrrole nitrogens is 1. The summed E-state index contributed by atoms with van der Waals surface area (Å²) in [4.78, 5) is 7.75. The van der Waals surface area contributed by atoms with E-state index in [1.165, 1.54) is 24.2 Å². The highest BCUT2D eigenvalue weighted by molar-refractivity contribution is 5.23. The van der Waals surface area contributed by atoms with Gasteiger partial charge in [0.2, 0.25) is 0 Å². The molecule has 1 heterocycles. The highest BCUT2D eigenvalue weighted by Crippen LogP contribution is 2.40. The lowest BCUT2D eigenvalue weighted by atomic mass is 10.2. The summed E-state index contributed by atoms with van der Waals surface area (Å²) < 4.78 is 0. The second kappa shape index (κ2) is 2.90. The van der Waals surface area contributed by atoms with Crippen molar-refractivity contribution in [2.45, 2.75) is 38.6 Å². The van der Waals surface area contributed by atoms with Gasteiger partial charge < -0.3 is 10.7 Å². The van der Waals surface area contributed by atoms with E-state index in [0.29, 0.717) is 6.54 Å². The lowest BCUT2D eigenvalue weighted by Gasteiger charge is -1.93. The Kier molecular flexibility index (Phi) is 1.89. The summed E-state index contributed by atoms with van der Waals surface area (Å²) in [6, 6.07) is 0.